The third-order valence-corrected chi connectivity index (χ3v) is 5.13. The van der Waals surface area contributed by atoms with Gasteiger partial charge in [-0.05, 0) is 54.7 Å². The van der Waals surface area contributed by atoms with Crippen LogP contribution in [0.15, 0.2) is 48.7 Å². The Hall–Kier alpha value is -2.75. The number of aromatic amines is 1. The number of carbonyl (C=O) groups is 1. The average molecular weight is 334 g/mol. The Balaban J connectivity index is 1.51. The van der Waals surface area contributed by atoms with Crippen LogP contribution in [0.5, 0.6) is 5.75 Å². The Bertz CT molecular complexity index is 913. The number of H-pyrrole nitrogens is 1. The fraction of sp³-hybridized carbons (Fsp3) is 0.286. The number of rotatable bonds is 4. The van der Waals surface area contributed by atoms with Gasteiger partial charge >= 0.3 is 0 Å². The van der Waals surface area contributed by atoms with Gasteiger partial charge in [-0.2, -0.15) is 0 Å². The highest BCUT2D eigenvalue weighted by Crippen LogP contribution is 2.33. The minimum absolute atomic E-state index is 0.0197. The van der Waals surface area contributed by atoms with Gasteiger partial charge in [0.2, 0.25) is 0 Å². The third-order valence-electron chi connectivity index (χ3n) is 5.13. The Labute approximate surface area is 147 Å². The number of nitrogens with one attached hydrogen (secondary N) is 2. The summed E-state index contributed by atoms with van der Waals surface area (Å²) in [5.41, 5.74) is 4.28. The first-order valence-corrected chi connectivity index (χ1v) is 8.77. The number of para-hydroxylation sites is 1. The first-order valence-electron chi connectivity index (χ1n) is 8.77. The number of aryl methyl sites for hydroxylation is 1. The van der Waals surface area contributed by atoms with E-state index >= 15 is 0 Å². The SMILES string of the molecule is COc1ccc2c(c1)CCCC2CNC(=O)c1cccc2cc[nH]c12. The van der Waals surface area contributed by atoms with Crippen LogP contribution in [0, 0.1) is 0 Å². The molecule has 0 aliphatic heterocycles. The van der Waals surface area contributed by atoms with E-state index in [2.05, 4.69) is 22.4 Å². The zero-order valence-electron chi connectivity index (χ0n) is 14.3. The first-order chi connectivity index (χ1) is 12.3. The van der Waals surface area contributed by atoms with Crippen molar-refractivity contribution < 1.29 is 9.53 Å². The van der Waals surface area contributed by atoms with E-state index < -0.39 is 0 Å². The van der Waals surface area contributed by atoms with Gasteiger partial charge in [0.15, 0.2) is 0 Å². The number of carbonyl (C=O) groups excluding carboxylic acids is 1. The van der Waals surface area contributed by atoms with Gasteiger partial charge in [-0.25, -0.2) is 0 Å². The predicted octanol–water partition coefficient (Wildman–Crippen LogP) is 4.03. The molecule has 1 aliphatic carbocycles. The predicted molar refractivity (Wildman–Crippen MR) is 99.3 cm³/mol. The van der Waals surface area contributed by atoms with Crippen molar-refractivity contribution in [1.82, 2.24) is 10.3 Å². The number of fused-ring (bicyclic) bond motifs is 2. The van der Waals surface area contributed by atoms with Crippen LogP contribution in [0.2, 0.25) is 0 Å². The van der Waals surface area contributed by atoms with Crippen LogP contribution >= 0.6 is 0 Å². The third kappa shape index (κ3) is 3.00. The van der Waals surface area contributed by atoms with Crippen LogP contribution in [0.1, 0.15) is 40.2 Å². The largest absolute Gasteiger partial charge is 0.497 e. The molecule has 1 amide bonds. The van der Waals surface area contributed by atoms with Gasteiger partial charge in [-0.15, -0.1) is 0 Å². The number of aromatic nitrogens is 1. The van der Waals surface area contributed by atoms with E-state index in [4.69, 9.17) is 4.74 Å². The van der Waals surface area contributed by atoms with Crippen molar-refractivity contribution in [1.29, 1.82) is 0 Å². The molecule has 1 aromatic heterocycles. The number of amides is 1. The van der Waals surface area contributed by atoms with Crippen LogP contribution in [0.25, 0.3) is 10.9 Å². The second-order valence-corrected chi connectivity index (χ2v) is 6.61. The number of benzene rings is 2. The highest BCUT2D eigenvalue weighted by atomic mass is 16.5. The molecule has 0 saturated carbocycles. The Morgan fingerprint density at radius 1 is 1.28 bits per heavy atom. The Morgan fingerprint density at radius 2 is 2.20 bits per heavy atom. The molecule has 4 nitrogen and oxygen atoms in total. The van der Waals surface area contributed by atoms with E-state index in [0.717, 1.165) is 35.9 Å². The Kier molecular flexibility index (Phi) is 4.18. The maximum atomic E-state index is 12.7. The molecule has 0 fully saturated rings. The van der Waals surface area contributed by atoms with Crippen molar-refractivity contribution in [3.05, 3.63) is 65.4 Å². The summed E-state index contributed by atoms with van der Waals surface area (Å²) in [4.78, 5) is 15.8. The molecule has 0 spiro atoms. The smallest absolute Gasteiger partial charge is 0.253 e. The van der Waals surface area contributed by atoms with E-state index in [0.29, 0.717) is 18.0 Å². The molecule has 0 radical (unpaired) electrons. The van der Waals surface area contributed by atoms with Crippen LogP contribution in [0.3, 0.4) is 0 Å². The number of hydrogen-bond acceptors (Lipinski definition) is 2. The van der Waals surface area contributed by atoms with Crippen LogP contribution in [-0.4, -0.2) is 24.5 Å². The van der Waals surface area contributed by atoms with Crippen molar-refractivity contribution in [3.8, 4) is 5.75 Å². The van der Waals surface area contributed by atoms with Gasteiger partial charge in [-0.3, -0.25) is 4.79 Å². The van der Waals surface area contributed by atoms with E-state index in [1.54, 1.807) is 7.11 Å². The zero-order chi connectivity index (χ0) is 17.2. The molecule has 3 aromatic rings. The van der Waals surface area contributed by atoms with Gasteiger partial charge in [0.05, 0.1) is 18.2 Å². The van der Waals surface area contributed by atoms with Crippen LogP contribution < -0.4 is 10.1 Å². The second kappa shape index (κ2) is 6.63. The van der Waals surface area contributed by atoms with Gasteiger partial charge in [-0.1, -0.05) is 18.2 Å². The summed E-state index contributed by atoms with van der Waals surface area (Å²) in [6.07, 6.45) is 5.20. The minimum Gasteiger partial charge on any atom is -0.497 e. The summed E-state index contributed by atoms with van der Waals surface area (Å²) in [5.74, 6) is 1.25. The normalized spacial score (nSPS) is 16.4. The van der Waals surface area contributed by atoms with E-state index in [-0.39, 0.29) is 5.91 Å². The highest BCUT2D eigenvalue weighted by Gasteiger charge is 2.22. The van der Waals surface area contributed by atoms with Gasteiger partial charge in [0.25, 0.3) is 5.91 Å². The molecule has 4 heteroatoms. The summed E-state index contributed by atoms with van der Waals surface area (Å²) in [5, 5.41) is 4.19. The minimum atomic E-state index is -0.0197. The molecule has 0 bridgehead atoms. The molecular weight excluding hydrogens is 312 g/mol. The zero-order valence-corrected chi connectivity index (χ0v) is 14.3. The van der Waals surface area contributed by atoms with E-state index in [1.165, 1.54) is 11.1 Å². The monoisotopic (exact) mass is 334 g/mol. The van der Waals surface area contributed by atoms with Gasteiger partial charge < -0.3 is 15.0 Å². The van der Waals surface area contributed by atoms with Crippen molar-refractivity contribution in [2.24, 2.45) is 0 Å². The van der Waals surface area contributed by atoms with E-state index in [9.17, 15) is 4.79 Å². The standard InChI is InChI=1S/C21H22N2O2/c1-25-17-8-9-18-15(12-17)5-2-6-16(18)13-23-21(24)19-7-3-4-14-10-11-22-20(14)19/h3-4,7-12,16,22H,2,5-6,13H2,1H3,(H,23,24). The molecule has 0 saturated heterocycles. The quantitative estimate of drug-likeness (QED) is 0.757. The topological polar surface area (TPSA) is 54.1 Å². The van der Waals surface area contributed by atoms with Crippen molar-refractivity contribution in [3.63, 3.8) is 0 Å². The molecule has 1 heterocycles. The maximum Gasteiger partial charge on any atom is 0.253 e. The number of hydrogen-bond donors (Lipinski definition) is 2. The van der Waals surface area contributed by atoms with Crippen molar-refractivity contribution in [2.45, 2.75) is 25.2 Å². The summed E-state index contributed by atoms with van der Waals surface area (Å²) in [7, 11) is 1.70. The summed E-state index contributed by atoms with van der Waals surface area (Å²) >= 11 is 0. The maximum absolute atomic E-state index is 12.7. The van der Waals surface area contributed by atoms with Crippen LogP contribution in [-0.2, 0) is 6.42 Å². The highest BCUT2D eigenvalue weighted by molar-refractivity contribution is 6.05. The molecule has 1 unspecified atom stereocenters. The molecule has 128 valence electrons. The fourth-order valence-electron chi connectivity index (χ4n) is 3.82. The molecule has 4 rings (SSSR count). The fourth-order valence-corrected chi connectivity index (χ4v) is 3.82. The van der Waals surface area contributed by atoms with Gasteiger partial charge in [0, 0.05) is 24.0 Å². The lowest BCUT2D eigenvalue weighted by Crippen LogP contribution is -2.30. The summed E-state index contributed by atoms with van der Waals surface area (Å²) < 4.78 is 5.33. The number of methoxy groups -OCH3 is 1. The number of ether oxygens (including phenoxy) is 1. The summed E-state index contributed by atoms with van der Waals surface area (Å²) in [6, 6.07) is 14.1. The molecular formula is C21H22N2O2. The van der Waals surface area contributed by atoms with Crippen molar-refractivity contribution >= 4 is 16.8 Å². The lowest BCUT2D eigenvalue weighted by molar-refractivity contribution is 0.0951. The van der Waals surface area contributed by atoms with Crippen LogP contribution in [0.4, 0.5) is 0 Å². The molecule has 2 N–H and O–H groups in total. The summed E-state index contributed by atoms with van der Waals surface area (Å²) in [6.45, 7) is 0.662. The molecule has 1 atom stereocenters. The Morgan fingerprint density at radius 3 is 3.08 bits per heavy atom. The second-order valence-electron chi connectivity index (χ2n) is 6.61. The van der Waals surface area contributed by atoms with E-state index in [1.807, 2.05) is 36.5 Å². The molecule has 25 heavy (non-hydrogen) atoms. The van der Waals surface area contributed by atoms with Gasteiger partial charge in [0.1, 0.15) is 5.75 Å². The first kappa shape index (κ1) is 15.8. The lowest BCUT2D eigenvalue weighted by atomic mass is 9.82. The average Bonchev–Trinajstić information content (AvgIpc) is 3.14. The van der Waals surface area contributed by atoms with Crippen molar-refractivity contribution in [2.75, 3.05) is 13.7 Å². The molecule has 2 aromatic carbocycles. The lowest BCUT2D eigenvalue weighted by Gasteiger charge is -2.26. The molecule has 1 aliphatic rings.